The molecule has 16 nitrogen and oxygen atoms in total. The van der Waals surface area contributed by atoms with Gasteiger partial charge in [0.15, 0.2) is 10.4 Å². The summed E-state index contributed by atoms with van der Waals surface area (Å²) in [6.45, 7) is 12.9. The minimum Gasteiger partial charge on any atom is -0.465 e. The molecule has 6 amide bonds. The molecule has 5 rings (SSSR count). The van der Waals surface area contributed by atoms with E-state index in [4.69, 9.17) is 19.0 Å². The maximum absolute atomic E-state index is 11.9. The summed E-state index contributed by atoms with van der Waals surface area (Å²) in [6.07, 6.45) is 1.79. The van der Waals surface area contributed by atoms with Gasteiger partial charge >= 0.3 is 18.3 Å². The average Bonchev–Trinajstić information content (AvgIpc) is 3.88. The van der Waals surface area contributed by atoms with Crippen molar-refractivity contribution >= 4 is 97.4 Å². The molecule has 0 atom stereocenters. The summed E-state index contributed by atoms with van der Waals surface area (Å²) < 4.78 is 16.0. The van der Waals surface area contributed by atoms with Gasteiger partial charge in [-0.1, -0.05) is 25.8 Å². The number of furan rings is 1. The lowest BCUT2D eigenvalue weighted by Crippen LogP contribution is -2.27. The van der Waals surface area contributed by atoms with Gasteiger partial charge in [-0.15, -0.1) is 11.3 Å². The van der Waals surface area contributed by atoms with Gasteiger partial charge in [0.25, 0.3) is 5.91 Å². The lowest BCUT2D eigenvalue weighted by Gasteiger charge is -2.19. The van der Waals surface area contributed by atoms with Crippen molar-refractivity contribution in [3.05, 3.63) is 118 Å². The minimum absolute atomic E-state index is 0.0151. The number of hydrogen-bond donors (Lipinski definition) is 7. The number of nitrogens with one attached hydrogen (secondary N) is 6. The molecular formula is C46H55BrN6O10S. The Labute approximate surface area is 385 Å². The number of benzene rings is 3. The fraction of sp³-hybridized carbons (Fsp3) is 0.304. The van der Waals surface area contributed by atoms with Gasteiger partial charge < -0.3 is 34.9 Å². The van der Waals surface area contributed by atoms with Crippen LogP contribution in [0.2, 0.25) is 0 Å². The van der Waals surface area contributed by atoms with Gasteiger partial charge in [0.1, 0.15) is 11.2 Å². The first-order valence-electron chi connectivity index (χ1n) is 20.1. The number of rotatable bonds is 13. The molecule has 3 aromatic carbocycles. The molecule has 0 unspecified atom stereocenters. The number of ether oxygens (including phenoxy) is 2. The molecule has 7 N–H and O–H groups in total. The smallest absolute Gasteiger partial charge is 0.412 e. The van der Waals surface area contributed by atoms with Crippen molar-refractivity contribution < 1.29 is 47.8 Å². The first kappa shape index (κ1) is 51.7. The number of carbonyl (C=O) groups excluding carboxylic acids is 5. The van der Waals surface area contributed by atoms with Gasteiger partial charge in [0.05, 0.1) is 6.42 Å². The molecule has 0 fully saturated rings. The SMILES string of the molecule is CC(C)(C)OC(=O)Nc1ccc(NC(=O)c2ccc(Br)o2)cc1.CCCCCC(=O)Nc1ccc(NC(=O)OC(C)(C)C)cc1.O=C(O)Nc1ccc(NC(=O)Cc2cccs2)cc1. The van der Waals surface area contributed by atoms with Crippen LogP contribution in [0, 0.1) is 0 Å². The predicted octanol–water partition coefficient (Wildman–Crippen LogP) is 12.2. The van der Waals surface area contributed by atoms with Crippen molar-refractivity contribution in [2.45, 2.75) is 91.8 Å². The molecular weight excluding hydrogens is 909 g/mol. The Balaban J connectivity index is 0.000000256. The number of halogens is 1. The number of carbonyl (C=O) groups is 6. The number of unbranched alkanes of at least 4 members (excludes halogenated alkanes) is 2. The monoisotopic (exact) mass is 962 g/mol. The summed E-state index contributed by atoms with van der Waals surface area (Å²) in [6, 6.07) is 27.1. The zero-order chi connectivity index (χ0) is 47.3. The molecule has 0 bridgehead atoms. The number of carboxylic acid groups (broad SMARTS) is 1. The first-order valence-corrected chi connectivity index (χ1v) is 21.8. The van der Waals surface area contributed by atoms with Crippen LogP contribution < -0.4 is 31.9 Å². The zero-order valence-electron chi connectivity index (χ0n) is 36.8. The van der Waals surface area contributed by atoms with E-state index in [2.05, 4.69) is 54.8 Å². The molecule has 0 aliphatic carbocycles. The maximum atomic E-state index is 11.9. The van der Waals surface area contributed by atoms with Crippen molar-refractivity contribution in [1.82, 2.24) is 0 Å². The predicted molar refractivity (Wildman–Crippen MR) is 254 cm³/mol. The number of thiophene rings is 1. The molecule has 342 valence electrons. The third-order valence-electron chi connectivity index (χ3n) is 7.74. The van der Waals surface area contributed by atoms with E-state index in [0.717, 1.165) is 29.8 Å². The Hall–Kier alpha value is -6.66. The fourth-order valence-corrected chi connectivity index (χ4v) is 6.05. The third-order valence-corrected chi connectivity index (χ3v) is 9.04. The van der Waals surface area contributed by atoms with Crippen LogP contribution in [0.25, 0.3) is 0 Å². The summed E-state index contributed by atoms with van der Waals surface area (Å²) in [7, 11) is 0. The Morgan fingerprint density at radius 2 is 1.03 bits per heavy atom. The van der Waals surface area contributed by atoms with Crippen LogP contribution in [-0.2, 0) is 25.5 Å². The lowest BCUT2D eigenvalue weighted by atomic mass is 10.2. The largest absolute Gasteiger partial charge is 0.465 e. The van der Waals surface area contributed by atoms with Crippen LogP contribution in [0.5, 0.6) is 0 Å². The van der Waals surface area contributed by atoms with Crippen LogP contribution >= 0.6 is 27.3 Å². The Morgan fingerprint density at radius 3 is 1.42 bits per heavy atom. The van der Waals surface area contributed by atoms with Crippen molar-refractivity contribution in [3.8, 4) is 0 Å². The van der Waals surface area contributed by atoms with E-state index < -0.39 is 29.5 Å². The summed E-state index contributed by atoms with van der Waals surface area (Å²) in [5.74, 6) is -0.237. The van der Waals surface area contributed by atoms with E-state index in [0.29, 0.717) is 45.9 Å². The lowest BCUT2D eigenvalue weighted by molar-refractivity contribution is -0.116. The van der Waals surface area contributed by atoms with E-state index in [1.165, 1.54) is 11.3 Å². The maximum Gasteiger partial charge on any atom is 0.412 e. The summed E-state index contributed by atoms with van der Waals surface area (Å²) >= 11 is 4.68. The van der Waals surface area contributed by atoms with Crippen LogP contribution in [-0.4, -0.2) is 52.3 Å². The number of amides is 6. The molecule has 18 heteroatoms. The molecule has 0 radical (unpaired) electrons. The molecule has 0 saturated heterocycles. The number of anilines is 6. The normalized spacial score (nSPS) is 10.6. The fourth-order valence-electron chi connectivity index (χ4n) is 5.04. The molecule has 64 heavy (non-hydrogen) atoms. The molecule has 0 spiro atoms. The highest BCUT2D eigenvalue weighted by Gasteiger charge is 2.18. The van der Waals surface area contributed by atoms with Gasteiger partial charge in [-0.3, -0.25) is 30.3 Å². The second-order valence-corrected chi connectivity index (χ2v) is 17.6. The van der Waals surface area contributed by atoms with Crippen LogP contribution in [0.3, 0.4) is 0 Å². The molecule has 2 heterocycles. The molecule has 0 saturated carbocycles. The molecule has 0 aliphatic rings. The van der Waals surface area contributed by atoms with Crippen LogP contribution in [0.15, 0.2) is 112 Å². The van der Waals surface area contributed by atoms with Gasteiger partial charge in [-0.2, -0.15) is 0 Å². The zero-order valence-corrected chi connectivity index (χ0v) is 39.2. The Kier molecular flexibility index (Phi) is 20.6. The second kappa shape index (κ2) is 25.4. The van der Waals surface area contributed by atoms with Gasteiger partial charge in [-0.25, -0.2) is 14.4 Å². The van der Waals surface area contributed by atoms with Gasteiger partial charge in [0.2, 0.25) is 11.8 Å². The second-order valence-electron chi connectivity index (χ2n) is 15.8. The topological polar surface area (TPSA) is 226 Å². The Morgan fingerprint density at radius 1 is 0.594 bits per heavy atom. The van der Waals surface area contributed by atoms with E-state index in [1.807, 2.05) is 38.3 Å². The van der Waals surface area contributed by atoms with Gasteiger partial charge in [0, 0.05) is 45.4 Å². The van der Waals surface area contributed by atoms with E-state index >= 15 is 0 Å². The molecule has 5 aromatic rings. The first-order chi connectivity index (χ1) is 30.2. The van der Waals surface area contributed by atoms with Crippen molar-refractivity contribution in [2.24, 2.45) is 0 Å². The molecule has 2 aromatic heterocycles. The van der Waals surface area contributed by atoms with E-state index in [9.17, 15) is 28.8 Å². The summed E-state index contributed by atoms with van der Waals surface area (Å²) in [5.41, 5.74) is 2.50. The highest BCUT2D eigenvalue weighted by atomic mass is 79.9. The minimum atomic E-state index is -1.12. The summed E-state index contributed by atoms with van der Waals surface area (Å²) in [4.78, 5) is 70.1. The van der Waals surface area contributed by atoms with Crippen LogP contribution in [0.4, 0.5) is 48.5 Å². The van der Waals surface area contributed by atoms with Crippen LogP contribution in [0.1, 0.15) is 89.6 Å². The highest BCUT2D eigenvalue weighted by molar-refractivity contribution is 9.10. The van der Waals surface area contributed by atoms with Crippen molar-refractivity contribution in [1.29, 1.82) is 0 Å². The molecule has 0 aliphatic heterocycles. The van der Waals surface area contributed by atoms with E-state index in [-0.39, 0.29) is 23.5 Å². The quantitative estimate of drug-likeness (QED) is 0.0552. The third kappa shape index (κ3) is 21.9. The average molecular weight is 964 g/mol. The number of hydrogen-bond acceptors (Lipinski definition) is 10. The standard InChI is InChI=1S/C17H26N2O3.C16H17BrN2O4.C13H12N2O3S/c1-5-6-7-8-15(20)18-13-9-11-14(12-10-13)19-16(21)22-17(2,3)4;1-16(2,3)23-15(21)19-11-6-4-10(5-7-11)18-14(20)12-8-9-13(17)22-12;16-12(8-11-2-1-7-19-11)14-9-3-5-10(6-4-9)15-13(17)18/h9-12H,5-8H2,1-4H3,(H,18,20)(H,19,21);4-9H,1-3H3,(H,18,20)(H,19,21);1-7,15H,8H2,(H,14,16)(H,17,18). The van der Waals surface area contributed by atoms with E-state index in [1.54, 1.807) is 106 Å². The van der Waals surface area contributed by atoms with Crippen molar-refractivity contribution in [3.63, 3.8) is 0 Å². The van der Waals surface area contributed by atoms with Crippen molar-refractivity contribution in [2.75, 3.05) is 31.9 Å². The Bertz CT molecular complexity index is 2270. The highest BCUT2D eigenvalue weighted by Crippen LogP contribution is 2.20. The summed E-state index contributed by atoms with van der Waals surface area (Å²) in [5, 5.41) is 26.2. The van der Waals surface area contributed by atoms with Gasteiger partial charge in [-0.05, 0) is 160 Å².